The van der Waals surface area contributed by atoms with Gasteiger partial charge in [-0.3, -0.25) is 4.79 Å². The van der Waals surface area contributed by atoms with Crippen LogP contribution in [0.1, 0.15) is 30.1 Å². The number of hydrogen-bond donors (Lipinski definition) is 2. The van der Waals surface area contributed by atoms with Crippen LogP contribution in [0.4, 0.5) is 0 Å². The molecule has 20 heavy (non-hydrogen) atoms. The molecular formula is C15H22N2O3. The molecule has 0 spiro atoms. The van der Waals surface area contributed by atoms with E-state index in [2.05, 4.69) is 5.32 Å². The maximum absolute atomic E-state index is 12.3. The minimum absolute atomic E-state index is 0.118. The fourth-order valence-electron chi connectivity index (χ4n) is 2.35. The van der Waals surface area contributed by atoms with Gasteiger partial charge in [0.2, 0.25) is 0 Å². The molecule has 0 bridgehead atoms. The van der Waals surface area contributed by atoms with E-state index in [-0.39, 0.29) is 11.9 Å². The quantitative estimate of drug-likeness (QED) is 0.822. The van der Waals surface area contributed by atoms with Crippen molar-refractivity contribution < 1.29 is 14.3 Å². The first-order valence-electron chi connectivity index (χ1n) is 6.99. The van der Waals surface area contributed by atoms with E-state index in [0.29, 0.717) is 25.3 Å². The van der Waals surface area contributed by atoms with E-state index < -0.39 is 5.79 Å². The van der Waals surface area contributed by atoms with Crippen LogP contribution in [0, 0.1) is 0 Å². The minimum Gasteiger partial charge on any atom is -0.346 e. The summed E-state index contributed by atoms with van der Waals surface area (Å²) in [5, 5.41) is 3.01. The lowest BCUT2D eigenvalue weighted by Gasteiger charge is -2.33. The predicted molar refractivity (Wildman–Crippen MR) is 76.3 cm³/mol. The number of carbonyl (C=O) groups is 1. The molecular weight excluding hydrogens is 256 g/mol. The van der Waals surface area contributed by atoms with Crippen LogP contribution in [0.15, 0.2) is 30.3 Å². The zero-order chi connectivity index (χ0) is 14.4. The summed E-state index contributed by atoms with van der Waals surface area (Å²) >= 11 is 0. The number of nitrogens with one attached hydrogen (secondary N) is 1. The van der Waals surface area contributed by atoms with Gasteiger partial charge in [-0.05, 0) is 38.4 Å². The number of amides is 1. The van der Waals surface area contributed by atoms with Crippen LogP contribution < -0.4 is 11.1 Å². The molecule has 110 valence electrons. The van der Waals surface area contributed by atoms with Crippen LogP contribution in [-0.4, -0.2) is 37.5 Å². The second kappa shape index (κ2) is 6.83. The fraction of sp³-hybridized carbons (Fsp3) is 0.533. The Morgan fingerprint density at radius 2 is 2.00 bits per heavy atom. The van der Waals surface area contributed by atoms with Crippen LogP contribution in [0.25, 0.3) is 0 Å². The summed E-state index contributed by atoms with van der Waals surface area (Å²) in [7, 11) is 0. The predicted octanol–water partition coefficient (Wildman–Crippen LogP) is 1.29. The summed E-state index contributed by atoms with van der Waals surface area (Å²) in [5.41, 5.74) is 6.20. The number of carbonyl (C=O) groups excluding carboxylic acids is 1. The van der Waals surface area contributed by atoms with Gasteiger partial charge in [-0.15, -0.1) is 0 Å². The Hall–Kier alpha value is -1.43. The molecule has 0 aliphatic carbocycles. The maximum atomic E-state index is 12.3. The molecule has 3 N–H and O–H groups in total. The van der Waals surface area contributed by atoms with Gasteiger partial charge in [-0.25, -0.2) is 0 Å². The van der Waals surface area contributed by atoms with Gasteiger partial charge < -0.3 is 20.5 Å². The molecule has 2 rings (SSSR count). The molecule has 1 unspecified atom stereocenters. The molecule has 5 heteroatoms. The first kappa shape index (κ1) is 15.0. The van der Waals surface area contributed by atoms with Gasteiger partial charge in [0.1, 0.15) is 0 Å². The van der Waals surface area contributed by atoms with Crippen molar-refractivity contribution in [3.05, 3.63) is 35.9 Å². The monoisotopic (exact) mass is 278 g/mol. The highest BCUT2D eigenvalue weighted by atomic mass is 16.7. The van der Waals surface area contributed by atoms with Crippen molar-refractivity contribution in [2.45, 2.75) is 31.6 Å². The minimum atomic E-state index is -0.764. The third kappa shape index (κ3) is 3.56. The Morgan fingerprint density at radius 1 is 1.35 bits per heavy atom. The largest absolute Gasteiger partial charge is 0.346 e. The van der Waals surface area contributed by atoms with Crippen molar-refractivity contribution in [1.29, 1.82) is 0 Å². The molecule has 1 atom stereocenters. The van der Waals surface area contributed by atoms with Gasteiger partial charge >= 0.3 is 0 Å². The van der Waals surface area contributed by atoms with E-state index >= 15 is 0 Å². The van der Waals surface area contributed by atoms with Crippen molar-refractivity contribution in [1.82, 2.24) is 5.32 Å². The molecule has 1 aromatic rings. The number of rotatable bonds is 6. The second-order valence-corrected chi connectivity index (χ2v) is 5.04. The Kier molecular flexibility index (Phi) is 5.11. The van der Waals surface area contributed by atoms with Crippen LogP contribution in [-0.2, 0) is 9.47 Å². The number of benzene rings is 1. The normalized spacial score (nSPS) is 18.7. The summed E-state index contributed by atoms with van der Waals surface area (Å²) in [6.45, 7) is 3.55. The highest BCUT2D eigenvalue weighted by Gasteiger charge is 2.40. The summed E-state index contributed by atoms with van der Waals surface area (Å²) in [6, 6.07) is 8.93. The van der Waals surface area contributed by atoms with Crippen LogP contribution >= 0.6 is 0 Å². The lowest BCUT2D eigenvalue weighted by Crippen LogP contribution is -2.52. The molecule has 1 aliphatic rings. The SMILES string of the molecule is CC1(C(CCCN)NC(=O)c2ccccc2)OCCO1. The Balaban J connectivity index is 2.05. The van der Waals surface area contributed by atoms with Gasteiger partial charge in [-0.1, -0.05) is 18.2 Å². The lowest BCUT2D eigenvalue weighted by atomic mass is 10.0. The average molecular weight is 278 g/mol. The third-order valence-electron chi connectivity index (χ3n) is 3.53. The van der Waals surface area contributed by atoms with Crippen molar-refractivity contribution in [3.8, 4) is 0 Å². The van der Waals surface area contributed by atoms with Gasteiger partial charge in [0.25, 0.3) is 5.91 Å². The van der Waals surface area contributed by atoms with Crippen molar-refractivity contribution in [2.24, 2.45) is 5.73 Å². The van der Waals surface area contributed by atoms with Crippen molar-refractivity contribution in [3.63, 3.8) is 0 Å². The van der Waals surface area contributed by atoms with E-state index in [4.69, 9.17) is 15.2 Å². The maximum Gasteiger partial charge on any atom is 0.251 e. The average Bonchev–Trinajstić information content (AvgIpc) is 2.92. The highest BCUT2D eigenvalue weighted by molar-refractivity contribution is 5.94. The molecule has 1 aromatic carbocycles. The van der Waals surface area contributed by atoms with Gasteiger partial charge in [0.15, 0.2) is 5.79 Å². The van der Waals surface area contributed by atoms with Crippen molar-refractivity contribution in [2.75, 3.05) is 19.8 Å². The first-order valence-corrected chi connectivity index (χ1v) is 6.99. The van der Waals surface area contributed by atoms with Crippen molar-refractivity contribution >= 4 is 5.91 Å². The summed E-state index contributed by atoms with van der Waals surface area (Å²) < 4.78 is 11.3. The van der Waals surface area contributed by atoms with E-state index in [0.717, 1.165) is 12.8 Å². The first-order chi connectivity index (χ1) is 9.65. The molecule has 5 nitrogen and oxygen atoms in total. The zero-order valence-electron chi connectivity index (χ0n) is 11.8. The molecule has 1 amide bonds. The Morgan fingerprint density at radius 3 is 2.60 bits per heavy atom. The summed E-state index contributed by atoms with van der Waals surface area (Å²) in [6.07, 6.45) is 1.54. The standard InChI is InChI=1S/C15H22N2O3/c1-15(19-10-11-20-15)13(8-5-9-16)17-14(18)12-6-3-2-4-7-12/h2-4,6-7,13H,5,8-11,16H2,1H3,(H,17,18). The molecule has 1 heterocycles. The van der Waals surface area contributed by atoms with Crippen LogP contribution in [0.2, 0.25) is 0 Å². The third-order valence-corrected chi connectivity index (χ3v) is 3.53. The summed E-state index contributed by atoms with van der Waals surface area (Å²) in [4.78, 5) is 12.3. The topological polar surface area (TPSA) is 73.6 Å². The lowest BCUT2D eigenvalue weighted by molar-refractivity contribution is -0.164. The summed E-state index contributed by atoms with van der Waals surface area (Å²) in [5.74, 6) is -0.882. The van der Waals surface area contributed by atoms with E-state index in [1.54, 1.807) is 12.1 Å². The van der Waals surface area contributed by atoms with E-state index in [9.17, 15) is 4.79 Å². The highest BCUT2D eigenvalue weighted by Crippen LogP contribution is 2.25. The van der Waals surface area contributed by atoms with Gasteiger partial charge in [0.05, 0.1) is 19.3 Å². The molecule has 0 saturated carbocycles. The van der Waals surface area contributed by atoms with E-state index in [1.807, 2.05) is 25.1 Å². The zero-order valence-corrected chi connectivity index (χ0v) is 11.8. The molecule has 1 fully saturated rings. The van der Waals surface area contributed by atoms with E-state index in [1.165, 1.54) is 0 Å². The van der Waals surface area contributed by atoms with Gasteiger partial charge in [-0.2, -0.15) is 0 Å². The molecule has 0 radical (unpaired) electrons. The molecule has 1 aliphatic heterocycles. The molecule has 1 saturated heterocycles. The van der Waals surface area contributed by atoms with Gasteiger partial charge in [0, 0.05) is 5.56 Å². The van der Waals surface area contributed by atoms with Crippen LogP contribution in [0.3, 0.4) is 0 Å². The smallest absolute Gasteiger partial charge is 0.251 e. The number of nitrogens with two attached hydrogens (primary N) is 1. The second-order valence-electron chi connectivity index (χ2n) is 5.04. The Bertz CT molecular complexity index is 430. The number of hydrogen-bond acceptors (Lipinski definition) is 4. The number of ether oxygens (including phenoxy) is 2. The van der Waals surface area contributed by atoms with Crippen LogP contribution in [0.5, 0.6) is 0 Å². The fourth-order valence-corrected chi connectivity index (χ4v) is 2.35. The molecule has 0 aromatic heterocycles. The Labute approximate surface area is 119 Å².